The first-order valence-electron chi connectivity index (χ1n) is 9.74. The number of halogens is 1. The van der Waals surface area contributed by atoms with Gasteiger partial charge in [-0.1, -0.05) is 72.6 Å². The zero-order chi connectivity index (χ0) is 21.8. The van der Waals surface area contributed by atoms with Crippen molar-refractivity contribution in [3.05, 3.63) is 107 Å². The number of allylic oxidation sites excluding steroid dienone is 5. The number of thiazole rings is 1. The van der Waals surface area contributed by atoms with Crippen molar-refractivity contribution in [1.29, 1.82) is 0 Å². The second kappa shape index (κ2) is 9.37. The molecule has 1 aliphatic carbocycles. The molecule has 0 aliphatic heterocycles. The lowest BCUT2D eigenvalue weighted by molar-refractivity contribution is -0.116. The fraction of sp³-hybridized carbons (Fsp3) is 0.0800. The summed E-state index contributed by atoms with van der Waals surface area (Å²) in [5.41, 5.74) is 4.74. The summed E-state index contributed by atoms with van der Waals surface area (Å²) in [5, 5.41) is 3.57. The number of pyridine rings is 1. The predicted molar refractivity (Wildman–Crippen MR) is 132 cm³/mol. The molecule has 2 heterocycles. The maximum absolute atomic E-state index is 13.5. The number of nitrogens with zero attached hydrogens (tertiary/aromatic N) is 2. The Balaban J connectivity index is 1.70. The van der Waals surface area contributed by atoms with Gasteiger partial charge in [-0.05, 0) is 51.2 Å². The van der Waals surface area contributed by atoms with E-state index in [1.54, 1.807) is 24.7 Å². The Morgan fingerprint density at radius 1 is 1.23 bits per heavy atom. The molecular formula is C25H20BrN3OS. The molecule has 0 fully saturated rings. The zero-order valence-corrected chi connectivity index (χ0v) is 19.3. The van der Waals surface area contributed by atoms with Crippen LogP contribution in [-0.4, -0.2) is 15.9 Å². The van der Waals surface area contributed by atoms with Crippen LogP contribution in [0.2, 0.25) is 0 Å². The number of nitrogens with one attached hydrogen (secondary N) is 1. The van der Waals surface area contributed by atoms with Gasteiger partial charge in [-0.3, -0.25) is 9.78 Å². The monoisotopic (exact) mass is 489 g/mol. The van der Waals surface area contributed by atoms with Gasteiger partial charge in [0.25, 0.3) is 0 Å². The third-order valence-electron chi connectivity index (χ3n) is 4.95. The number of benzene rings is 1. The van der Waals surface area contributed by atoms with Gasteiger partial charge in [-0.15, -0.1) is 0 Å². The highest BCUT2D eigenvalue weighted by molar-refractivity contribution is 9.10. The van der Waals surface area contributed by atoms with E-state index < -0.39 is 5.92 Å². The topological polar surface area (TPSA) is 54.9 Å². The van der Waals surface area contributed by atoms with Crippen LogP contribution in [0.15, 0.2) is 95.4 Å². The van der Waals surface area contributed by atoms with Gasteiger partial charge in [-0.2, -0.15) is 0 Å². The number of anilines is 1. The molecule has 0 radical (unpaired) electrons. The van der Waals surface area contributed by atoms with Gasteiger partial charge in [0.2, 0.25) is 5.91 Å². The minimum absolute atomic E-state index is 0.128. The lowest BCUT2D eigenvalue weighted by Gasteiger charge is -2.20. The molecule has 154 valence electrons. The van der Waals surface area contributed by atoms with Gasteiger partial charge in [0, 0.05) is 28.6 Å². The molecule has 3 aromatic rings. The van der Waals surface area contributed by atoms with Crippen LogP contribution in [0.25, 0.3) is 16.5 Å². The van der Waals surface area contributed by atoms with Crippen molar-refractivity contribution in [3.63, 3.8) is 0 Å². The predicted octanol–water partition coefficient (Wildman–Crippen LogP) is 6.78. The van der Waals surface area contributed by atoms with Gasteiger partial charge in [-0.25, -0.2) is 4.98 Å². The third-order valence-corrected chi connectivity index (χ3v) is 6.34. The summed E-state index contributed by atoms with van der Waals surface area (Å²) < 4.78 is 0.893. The Kier molecular flexibility index (Phi) is 6.39. The van der Waals surface area contributed by atoms with Crippen molar-refractivity contribution in [2.45, 2.75) is 12.8 Å². The standard InChI is InChI=1S/C25H20BrN3OS/c1-3-7-20-16(4-2)10-11-17-8-5-6-9-21(17)23(20)24(30)29-25-28-15-22(31-25)18-12-19(26)14-27-13-18/h3-15,23H,2H2,1H3,(H,28,29,30)/b7-3-. The van der Waals surface area contributed by atoms with Crippen molar-refractivity contribution < 1.29 is 4.79 Å². The zero-order valence-electron chi connectivity index (χ0n) is 16.9. The Morgan fingerprint density at radius 2 is 2.06 bits per heavy atom. The summed E-state index contributed by atoms with van der Waals surface area (Å²) in [4.78, 5) is 23.1. The fourth-order valence-electron chi connectivity index (χ4n) is 3.57. The number of rotatable bonds is 5. The summed E-state index contributed by atoms with van der Waals surface area (Å²) >= 11 is 4.86. The SMILES string of the molecule is C=CC1=C(/C=C\C)C(C(=O)Nc2ncc(-c3cncc(Br)c3)s2)c2ccccc2C=C1. The summed E-state index contributed by atoms with van der Waals surface area (Å²) in [6.45, 7) is 5.90. The molecule has 1 N–H and O–H groups in total. The summed E-state index contributed by atoms with van der Waals surface area (Å²) in [6.07, 6.45) is 15.0. The molecule has 1 unspecified atom stereocenters. The van der Waals surface area contributed by atoms with E-state index in [4.69, 9.17) is 0 Å². The summed E-state index contributed by atoms with van der Waals surface area (Å²) in [5.74, 6) is -0.604. The van der Waals surface area contributed by atoms with Crippen molar-refractivity contribution in [2.75, 3.05) is 5.32 Å². The minimum atomic E-state index is -0.477. The molecule has 0 saturated carbocycles. The van der Waals surface area contributed by atoms with E-state index in [0.717, 1.165) is 37.2 Å². The van der Waals surface area contributed by atoms with Crippen LogP contribution >= 0.6 is 27.3 Å². The summed E-state index contributed by atoms with van der Waals surface area (Å²) in [6, 6.07) is 9.93. The number of hydrogen-bond acceptors (Lipinski definition) is 4. The molecule has 1 atom stereocenters. The largest absolute Gasteiger partial charge is 0.301 e. The number of fused-ring (bicyclic) bond motifs is 1. The number of hydrogen-bond donors (Lipinski definition) is 1. The van der Waals surface area contributed by atoms with Gasteiger partial charge < -0.3 is 5.32 Å². The van der Waals surface area contributed by atoms with Gasteiger partial charge >= 0.3 is 0 Å². The fourth-order valence-corrected chi connectivity index (χ4v) is 4.73. The van der Waals surface area contributed by atoms with Crippen molar-refractivity contribution in [1.82, 2.24) is 9.97 Å². The maximum atomic E-state index is 13.5. The second-order valence-electron chi connectivity index (χ2n) is 6.92. The number of carbonyl (C=O) groups excluding carboxylic acids is 1. The van der Waals surface area contributed by atoms with E-state index in [1.165, 1.54) is 11.3 Å². The lowest BCUT2D eigenvalue weighted by Crippen LogP contribution is -2.23. The van der Waals surface area contributed by atoms with Gasteiger partial charge in [0.05, 0.1) is 10.8 Å². The molecule has 4 rings (SSSR count). The van der Waals surface area contributed by atoms with Crippen molar-refractivity contribution >= 4 is 44.4 Å². The van der Waals surface area contributed by atoms with Crippen LogP contribution in [0.4, 0.5) is 5.13 Å². The quantitative estimate of drug-likeness (QED) is 0.429. The molecule has 0 bridgehead atoms. The molecule has 31 heavy (non-hydrogen) atoms. The molecule has 1 aromatic carbocycles. The van der Waals surface area contributed by atoms with E-state index in [9.17, 15) is 4.79 Å². The lowest BCUT2D eigenvalue weighted by atomic mass is 9.86. The molecule has 6 heteroatoms. The Labute approximate surface area is 193 Å². The normalized spacial score (nSPS) is 15.6. The van der Waals surface area contributed by atoms with Crippen molar-refractivity contribution in [3.8, 4) is 10.4 Å². The molecule has 2 aromatic heterocycles. The molecule has 1 aliphatic rings. The first kappa shape index (κ1) is 21.2. The Morgan fingerprint density at radius 3 is 2.84 bits per heavy atom. The van der Waals surface area contributed by atoms with Gasteiger partial charge in [0.15, 0.2) is 5.13 Å². The average Bonchev–Trinajstić information content (AvgIpc) is 3.17. The molecule has 4 nitrogen and oxygen atoms in total. The van der Waals surface area contributed by atoms with Crippen LogP contribution in [0.5, 0.6) is 0 Å². The average molecular weight is 490 g/mol. The highest BCUT2D eigenvalue weighted by atomic mass is 79.9. The van der Waals surface area contributed by atoms with Crippen LogP contribution in [0.1, 0.15) is 24.0 Å². The molecule has 0 spiro atoms. The maximum Gasteiger partial charge on any atom is 0.238 e. The number of amides is 1. The minimum Gasteiger partial charge on any atom is -0.301 e. The number of aromatic nitrogens is 2. The van der Waals surface area contributed by atoms with Crippen LogP contribution in [-0.2, 0) is 4.79 Å². The van der Waals surface area contributed by atoms with E-state index in [2.05, 4.69) is 37.8 Å². The van der Waals surface area contributed by atoms with E-state index >= 15 is 0 Å². The highest BCUT2D eigenvalue weighted by Gasteiger charge is 2.29. The highest BCUT2D eigenvalue weighted by Crippen LogP contribution is 2.37. The smallest absolute Gasteiger partial charge is 0.238 e. The van der Waals surface area contributed by atoms with Crippen LogP contribution < -0.4 is 5.32 Å². The summed E-state index contributed by atoms with van der Waals surface area (Å²) in [7, 11) is 0. The Bertz CT molecular complexity index is 1240. The van der Waals surface area contributed by atoms with Crippen molar-refractivity contribution in [2.24, 2.45) is 0 Å². The number of carbonyl (C=O) groups is 1. The Hall–Kier alpha value is -3.09. The van der Waals surface area contributed by atoms with E-state index in [-0.39, 0.29) is 5.91 Å². The second-order valence-corrected chi connectivity index (χ2v) is 8.87. The first-order chi connectivity index (χ1) is 15.1. The first-order valence-corrected chi connectivity index (χ1v) is 11.4. The molecular weight excluding hydrogens is 470 g/mol. The van der Waals surface area contributed by atoms with Gasteiger partial charge in [0.1, 0.15) is 0 Å². The van der Waals surface area contributed by atoms with E-state index in [1.807, 2.05) is 61.6 Å². The third kappa shape index (κ3) is 4.50. The molecule has 0 saturated heterocycles. The van der Waals surface area contributed by atoms with Crippen LogP contribution in [0.3, 0.4) is 0 Å². The molecule has 1 amide bonds. The van der Waals surface area contributed by atoms with Crippen LogP contribution in [0, 0.1) is 0 Å². The van der Waals surface area contributed by atoms with E-state index in [0.29, 0.717) is 5.13 Å².